The van der Waals surface area contributed by atoms with Crippen LogP contribution in [-0.4, -0.2) is 4.98 Å². The molecule has 0 fully saturated rings. The van der Waals surface area contributed by atoms with Gasteiger partial charge in [0.15, 0.2) is 0 Å². The number of nitrogens with one attached hydrogen (secondary N) is 1. The molecule has 0 saturated heterocycles. The summed E-state index contributed by atoms with van der Waals surface area (Å²) in [4.78, 5) is 4.57. The summed E-state index contributed by atoms with van der Waals surface area (Å²) in [6.07, 6.45) is 0. The van der Waals surface area contributed by atoms with Crippen LogP contribution in [0.15, 0.2) is 48.5 Å². The molecule has 0 bridgehead atoms. The van der Waals surface area contributed by atoms with Crippen molar-refractivity contribution in [1.82, 2.24) is 4.98 Å². The fourth-order valence-corrected chi connectivity index (χ4v) is 2.44. The molecular formula is C17H14ClFN2. The Morgan fingerprint density at radius 1 is 1.14 bits per heavy atom. The molecule has 2 aromatic carbocycles. The van der Waals surface area contributed by atoms with E-state index in [1.54, 1.807) is 12.1 Å². The topological polar surface area (TPSA) is 24.9 Å². The third-order valence-corrected chi connectivity index (χ3v) is 3.62. The van der Waals surface area contributed by atoms with E-state index in [9.17, 15) is 4.39 Å². The van der Waals surface area contributed by atoms with Crippen molar-refractivity contribution >= 4 is 28.2 Å². The van der Waals surface area contributed by atoms with E-state index in [-0.39, 0.29) is 5.02 Å². The second-order valence-electron chi connectivity index (χ2n) is 4.93. The van der Waals surface area contributed by atoms with Crippen molar-refractivity contribution in [1.29, 1.82) is 0 Å². The molecular weight excluding hydrogens is 287 g/mol. The lowest BCUT2D eigenvalue weighted by molar-refractivity contribution is 0.627. The van der Waals surface area contributed by atoms with Crippen LogP contribution in [0.2, 0.25) is 5.02 Å². The summed E-state index contributed by atoms with van der Waals surface area (Å²) in [5, 5.41) is 4.56. The van der Waals surface area contributed by atoms with Crippen molar-refractivity contribution in [3.8, 4) is 0 Å². The van der Waals surface area contributed by atoms with Crippen LogP contribution in [0.3, 0.4) is 0 Å². The molecule has 21 heavy (non-hydrogen) atoms. The van der Waals surface area contributed by atoms with Crippen LogP contribution in [0.1, 0.15) is 11.3 Å². The van der Waals surface area contributed by atoms with Gasteiger partial charge in [0.1, 0.15) is 5.82 Å². The number of nitrogens with zero attached hydrogens (tertiary/aromatic N) is 1. The van der Waals surface area contributed by atoms with Gasteiger partial charge in [-0.2, -0.15) is 0 Å². The van der Waals surface area contributed by atoms with Gasteiger partial charge in [-0.05, 0) is 36.8 Å². The van der Waals surface area contributed by atoms with E-state index in [2.05, 4.69) is 16.4 Å². The van der Waals surface area contributed by atoms with Crippen LogP contribution in [-0.2, 0) is 6.54 Å². The molecule has 3 rings (SSSR count). The molecule has 0 amide bonds. The minimum absolute atomic E-state index is 0.140. The normalized spacial score (nSPS) is 10.8. The molecule has 2 nitrogen and oxygen atoms in total. The average molecular weight is 301 g/mol. The molecule has 1 aromatic heterocycles. The first-order valence-electron chi connectivity index (χ1n) is 6.68. The van der Waals surface area contributed by atoms with Crippen molar-refractivity contribution in [2.45, 2.75) is 13.5 Å². The molecule has 106 valence electrons. The number of rotatable bonds is 3. The van der Waals surface area contributed by atoms with E-state index in [0.717, 1.165) is 27.8 Å². The minimum atomic E-state index is -0.400. The number of pyridine rings is 1. The Bertz CT molecular complexity index is 802. The van der Waals surface area contributed by atoms with Crippen LogP contribution in [0.5, 0.6) is 0 Å². The molecule has 0 aliphatic rings. The van der Waals surface area contributed by atoms with Crippen molar-refractivity contribution in [2.75, 3.05) is 5.32 Å². The lowest BCUT2D eigenvalue weighted by Gasteiger charge is -2.10. The maximum atomic E-state index is 13.2. The molecule has 1 N–H and O–H groups in total. The van der Waals surface area contributed by atoms with Crippen molar-refractivity contribution in [3.63, 3.8) is 0 Å². The monoisotopic (exact) mass is 300 g/mol. The molecule has 0 atom stereocenters. The quantitative estimate of drug-likeness (QED) is 0.740. The van der Waals surface area contributed by atoms with Gasteiger partial charge in [0.2, 0.25) is 0 Å². The summed E-state index contributed by atoms with van der Waals surface area (Å²) in [5.74, 6) is -0.400. The zero-order valence-corrected chi connectivity index (χ0v) is 12.3. The van der Waals surface area contributed by atoms with Gasteiger partial charge in [-0.3, -0.25) is 4.98 Å². The van der Waals surface area contributed by atoms with Crippen LogP contribution in [0.4, 0.5) is 10.1 Å². The highest BCUT2D eigenvalue weighted by molar-refractivity contribution is 6.30. The number of para-hydroxylation sites is 1. The average Bonchev–Trinajstić information content (AvgIpc) is 2.48. The lowest BCUT2D eigenvalue weighted by atomic mass is 10.1. The van der Waals surface area contributed by atoms with Gasteiger partial charge in [0, 0.05) is 17.6 Å². The Kier molecular flexibility index (Phi) is 3.76. The maximum Gasteiger partial charge on any atom is 0.141 e. The zero-order chi connectivity index (χ0) is 14.8. The first kappa shape index (κ1) is 13.8. The Labute approximate surface area is 127 Å². The second kappa shape index (κ2) is 5.70. The number of hydrogen-bond donors (Lipinski definition) is 1. The van der Waals surface area contributed by atoms with Gasteiger partial charge >= 0.3 is 0 Å². The fourth-order valence-electron chi connectivity index (χ4n) is 2.23. The summed E-state index contributed by atoms with van der Waals surface area (Å²) in [6.45, 7) is 2.53. The largest absolute Gasteiger partial charge is 0.379 e. The van der Waals surface area contributed by atoms with Gasteiger partial charge < -0.3 is 5.32 Å². The molecule has 3 aromatic rings. The van der Waals surface area contributed by atoms with Crippen molar-refractivity contribution in [3.05, 3.63) is 70.6 Å². The molecule has 0 radical (unpaired) electrons. The number of aromatic nitrogens is 1. The second-order valence-corrected chi connectivity index (χ2v) is 5.34. The fraction of sp³-hybridized carbons (Fsp3) is 0.118. The predicted molar refractivity (Wildman–Crippen MR) is 85.2 cm³/mol. The van der Waals surface area contributed by atoms with Gasteiger partial charge in [-0.25, -0.2) is 4.39 Å². The SMILES string of the molecule is Cc1ccc2cccc(NCc3ccc(F)c(Cl)c3)c2n1. The molecule has 0 unspecified atom stereocenters. The Morgan fingerprint density at radius 3 is 2.81 bits per heavy atom. The van der Waals surface area contributed by atoms with E-state index < -0.39 is 5.82 Å². The standard InChI is InChI=1S/C17H14ClFN2/c1-11-5-7-13-3-2-4-16(17(13)21-11)20-10-12-6-8-15(19)14(18)9-12/h2-9,20H,10H2,1H3. The highest BCUT2D eigenvalue weighted by Gasteiger charge is 2.04. The Morgan fingerprint density at radius 2 is 2.00 bits per heavy atom. The van der Waals surface area contributed by atoms with Gasteiger partial charge in [-0.15, -0.1) is 0 Å². The minimum Gasteiger partial charge on any atom is -0.379 e. The summed E-state index contributed by atoms with van der Waals surface area (Å²) in [6, 6.07) is 14.8. The van der Waals surface area contributed by atoms with E-state index >= 15 is 0 Å². The molecule has 1 heterocycles. The number of benzene rings is 2. The van der Waals surface area contributed by atoms with Crippen LogP contribution in [0.25, 0.3) is 10.9 Å². The highest BCUT2D eigenvalue weighted by atomic mass is 35.5. The third kappa shape index (κ3) is 2.98. The number of aryl methyl sites for hydroxylation is 1. The molecule has 4 heteroatoms. The molecule has 0 saturated carbocycles. The van der Waals surface area contributed by atoms with Crippen molar-refractivity contribution in [2.24, 2.45) is 0 Å². The number of hydrogen-bond acceptors (Lipinski definition) is 2. The molecule has 0 aliphatic carbocycles. The highest BCUT2D eigenvalue weighted by Crippen LogP contribution is 2.23. The van der Waals surface area contributed by atoms with Gasteiger partial charge in [0.05, 0.1) is 16.2 Å². The summed E-state index contributed by atoms with van der Waals surface area (Å²) < 4.78 is 13.2. The zero-order valence-electron chi connectivity index (χ0n) is 11.5. The van der Waals surface area contributed by atoms with E-state index in [1.807, 2.05) is 31.2 Å². The Balaban J connectivity index is 1.88. The smallest absolute Gasteiger partial charge is 0.141 e. The van der Waals surface area contributed by atoms with E-state index in [1.165, 1.54) is 6.07 Å². The first-order chi connectivity index (χ1) is 10.1. The van der Waals surface area contributed by atoms with E-state index in [4.69, 9.17) is 11.6 Å². The van der Waals surface area contributed by atoms with Crippen LogP contribution >= 0.6 is 11.6 Å². The third-order valence-electron chi connectivity index (χ3n) is 3.33. The maximum absolute atomic E-state index is 13.2. The lowest BCUT2D eigenvalue weighted by Crippen LogP contribution is -2.01. The predicted octanol–water partition coefficient (Wildman–Crippen LogP) is 4.95. The number of halogens is 2. The van der Waals surface area contributed by atoms with Crippen LogP contribution < -0.4 is 5.32 Å². The number of fused-ring (bicyclic) bond motifs is 1. The molecule has 0 aliphatic heterocycles. The summed E-state index contributed by atoms with van der Waals surface area (Å²) in [5.41, 5.74) is 3.79. The Hall–Kier alpha value is -2.13. The number of anilines is 1. The van der Waals surface area contributed by atoms with Gasteiger partial charge in [0.25, 0.3) is 0 Å². The molecule has 0 spiro atoms. The first-order valence-corrected chi connectivity index (χ1v) is 7.05. The van der Waals surface area contributed by atoms with Crippen LogP contribution in [0, 0.1) is 12.7 Å². The summed E-state index contributed by atoms with van der Waals surface area (Å²) in [7, 11) is 0. The van der Waals surface area contributed by atoms with Crippen molar-refractivity contribution < 1.29 is 4.39 Å². The summed E-state index contributed by atoms with van der Waals surface area (Å²) >= 11 is 5.80. The van der Waals surface area contributed by atoms with Gasteiger partial charge in [-0.1, -0.05) is 35.9 Å². The van der Waals surface area contributed by atoms with E-state index in [0.29, 0.717) is 6.54 Å².